The van der Waals surface area contributed by atoms with Gasteiger partial charge in [0.2, 0.25) is 0 Å². The Morgan fingerprint density at radius 3 is 2.70 bits per heavy atom. The Labute approximate surface area is 221 Å². The zero-order chi connectivity index (χ0) is 26.3. The number of hydrogen-bond acceptors (Lipinski definition) is 7. The van der Waals surface area contributed by atoms with E-state index in [1.807, 2.05) is 0 Å². The third-order valence-corrected chi connectivity index (χ3v) is 8.29. The number of carbonyl (C=O) groups excluding carboxylic acids is 1. The van der Waals surface area contributed by atoms with E-state index in [2.05, 4.69) is 14.9 Å². The molecule has 4 aliphatic rings. The minimum Gasteiger partial charge on any atom is -0.489 e. The molecule has 2 bridgehead atoms. The molecule has 1 aliphatic carbocycles. The predicted molar refractivity (Wildman–Crippen MR) is 139 cm³/mol. The first kappa shape index (κ1) is 25.9. The van der Waals surface area contributed by atoms with Crippen molar-refractivity contribution in [1.82, 2.24) is 19.8 Å². The normalized spacial score (nSPS) is 24.0. The first-order valence-corrected chi connectivity index (χ1v) is 13.2. The molecule has 8 nitrogen and oxygen atoms in total. The van der Waals surface area contributed by atoms with E-state index in [4.69, 9.17) is 22.1 Å². The number of halogens is 2. The number of rotatable bonds is 6. The average molecular weight is 530 g/mol. The Bertz CT molecular complexity index is 1220. The van der Waals surface area contributed by atoms with Crippen LogP contribution in [0.5, 0.6) is 5.75 Å². The summed E-state index contributed by atoms with van der Waals surface area (Å²) in [6.07, 6.45) is 3.69. The van der Waals surface area contributed by atoms with E-state index in [0.29, 0.717) is 57.6 Å². The highest BCUT2D eigenvalue weighted by Gasteiger charge is 2.37. The van der Waals surface area contributed by atoms with Crippen molar-refractivity contribution >= 4 is 23.1 Å². The summed E-state index contributed by atoms with van der Waals surface area (Å²) < 4.78 is 20.7. The van der Waals surface area contributed by atoms with Crippen molar-refractivity contribution in [3.05, 3.63) is 57.5 Å². The van der Waals surface area contributed by atoms with Crippen LogP contribution in [-0.2, 0) is 0 Å². The number of ether oxygens (including phenoxy) is 1. The van der Waals surface area contributed by atoms with Crippen molar-refractivity contribution in [2.75, 3.05) is 32.8 Å². The number of hydrogen-bond donors (Lipinski definition) is 2. The molecule has 6 rings (SSSR count). The number of benzene rings is 1. The Kier molecular flexibility index (Phi) is 7.38. The van der Waals surface area contributed by atoms with Gasteiger partial charge in [0.15, 0.2) is 5.82 Å². The van der Waals surface area contributed by atoms with E-state index in [1.54, 1.807) is 18.7 Å². The molecule has 2 saturated heterocycles. The lowest BCUT2D eigenvalue weighted by molar-refractivity contribution is 0.0787. The van der Waals surface area contributed by atoms with Gasteiger partial charge < -0.3 is 20.5 Å². The fourth-order valence-corrected chi connectivity index (χ4v) is 5.96. The number of amides is 1. The van der Waals surface area contributed by atoms with Gasteiger partial charge in [-0.25, -0.2) is 14.4 Å². The highest BCUT2D eigenvalue weighted by atomic mass is 35.5. The molecule has 3 atom stereocenters. The quantitative estimate of drug-likeness (QED) is 0.591. The first-order valence-electron chi connectivity index (χ1n) is 12.8. The first-order chi connectivity index (χ1) is 17.7. The largest absolute Gasteiger partial charge is 0.489 e. The van der Waals surface area contributed by atoms with Crippen LogP contribution in [-0.4, -0.2) is 75.7 Å². The Balaban J connectivity index is 1.34. The third-order valence-electron chi connectivity index (χ3n) is 7.74. The van der Waals surface area contributed by atoms with Crippen molar-refractivity contribution in [3.63, 3.8) is 0 Å². The van der Waals surface area contributed by atoms with Crippen molar-refractivity contribution in [2.24, 2.45) is 11.7 Å². The molecule has 1 saturated carbocycles. The zero-order valence-electron chi connectivity index (χ0n) is 21.2. The highest BCUT2D eigenvalue weighted by molar-refractivity contribution is 6.31. The SMILES string of the molecule is Cc1nc(C2=C(N)CN(C(=O)c3ccc(F)cc3O[C@@H]3CC4CCC(C3)N(CCO)C4)C2)nc(C)c1Cl. The molecule has 3 fully saturated rings. The molecule has 1 amide bonds. The van der Waals surface area contributed by atoms with E-state index < -0.39 is 5.82 Å². The maximum absolute atomic E-state index is 14.3. The molecule has 0 spiro atoms. The number of piperidine rings is 1. The molecule has 3 N–H and O–H groups in total. The smallest absolute Gasteiger partial charge is 0.258 e. The van der Waals surface area contributed by atoms with Crippen molar-refractivity contribution in [1.29, 1.82) is 0 Å². The number of carbonyl (C=O) groups is 1. The van der Waals surface area contributed by atoms with Crippen LogP contribution in [0.2, 0.25) is 5.02 Å². The zero-order valence-corrected chi connectivity index (χ0v) is 22.0. The van der Waals surface area contributed by atoms with Crippen LogP contribution in [0.4, 0.5) is 4.39 Å². The number of aromatic nitrogens is 2. The maximum Gasteiger partial charge on any atom is 0.258 e. The molecule has 198 valence electrons. The molecule has 1 aromatic heterocycles. The fraction of sp³-hybridized carbons (Fsp3) is 0.519. The Morgan fingerprint density at radius 2 is 1.97 bits per heavy atom. The van der Waals surface area contributed by atoms with Crippen LogP contribution in [0.1, 0.15) is 53.3 Å². The number of nitrogens with two attached hydrogens (primary N) is 1. The van der Waals surface area contributed by atoms with E-state index >= 15 is 0 Å². The van der Waals surface area contributed by atoms with E-state index in [9.17, 15) is 14.3 Å². The van der Waals surface area contributed by atoms with Gasteiger partial charge in [0, 0.05) is 36.5 Å². The van der Waals surface area contributed by atoms with E-state index in [-0.39, 0.29) is 37.5 Å². The standard InChI is InChI=1S/C27H33ClFN5O3/c1-15-25(28)16(2)32-26(31-15)22-13-34(14-23(22)30)27(36)21-6-4-18(29)10-24(21)37-20-9-17-3-5-19(11-20)33(12-17)7-8-35/h4,6,10,17,19-20,35H,3,5,7-9,11-14,30H2,1-2H3/t17?,19?,20-/m1/s1. The third kappa shape index (κ3) is 5.30. The molecule has 2 unspecified atom stereocenters. The van der Waals surface area contributed by atoms with Crippen LogP contribution in [0.25, 0.3) is 5.57 Å². The molecule has 0 radical (unpaired) electrons. The minimum absolute atomic E-state index is 0.125. The summed E-state index contributed by atoms with van der Waals surface area (Å²) >= 11 is 6.22. The molecular weight excluding hydrogens is 497 g/mol. The van der Waals surface area contributed by atoms with Gasteiger partial charge in [0.05, 0.1) is 41.7 Å². The predicted octanol–water partition coefficient (Wildman–Crippen LogP) is 3.33. The number of aliphatic hydroxyl groups excluding tert-OH is 1. The lowest BCUT2D eigenvalue weighted by Gasteiger charge is -2.35. The van der Waals surface area contributed by atoms with Gasteiger partial charge in [0.25, 0.3) is 5.91 Å². The second kappa shape index (κ2) is 10.6. The number of aliphatic hydroxyl groups is 1. The Morgan fingerprint density at radius 1 is 1.22 bits per heavy atom. The average Bonchev–Trinajstić information content (AvgIpc) is 3.04. The van der Waals surface area contributed by atoms with Gasteiger partial charge in [-0.3, -0.25) is 9.69 Å². The van der Waals surface area contributed by atoms with Crippen LogP contribution < -0.4 is 10.5 Å². The van der Waals surface area contributed by atoms with Crippen molar-refractivity contribution < 1.29 is 19.0 Å². The van der Waals surface area contributed by atoms with E-state index in [0.717, 1.165) is 32.2 Å². The van der Waals surface area contributed by atoms with Crippen LogP contribution >= 0.6 is 11.6 Å². The number of fused-ring (bicyclic) bond motifs is 4. The fourth-order valence-electron chi connectivity index (χ4n) is 5.88. The molecule has 3 aliphatic heterocycles. The summed E-state index contributed by atoms with van der Waals surface area (Å²) in [5.74, 6) is 0.439. The second-order valence-electron chi connectivity index (χ2n) is 10.4. The lowest BCUT2D eigenvalue weighted by Crippen LogP contribution is -2.42. The van der Waals surface area contributed by atoms with Gasteiger partial charge in [-0.1, -0.05) is 11.6 Å². The summed E-state index contributed by atoms with van der Waals surface area (Å²) in [5, 5.41) is 9.95. The molecule has 2 aromatic rings. The molecule has 1 aromatic carbocycles. The summed E-state index contributed by atoms with van der Waals surface area (Å²) in [6.45, 7) is 5.80. The van der Waals surface area contributed by atoms with Gasteiger partial charge in [0.1, 0.15) is 17.7 Å². The molecule has 10 heteroatoms. The summed E-state index contributed by atoms with van der Waals surface area (Å²) in [6, 6.07) is 4.38. The molecular formula is C27H33ClFN5O3. The summed E-state index contributed by atoms with van der Waals surface area (Å²) in [7, 11) is 0. The second-order valence-corrected chi connectivity index (χ2v) is 10.7. The molecule has 37 heavy (non-hydrogen) atoms. The number of nitrogens with zero attached hydrogens (tertiary/aromatic N) is 4. The van der Waals surface area contributed by atoms with Crippen LogP contribution in [0.15, 0.2) is 23.9 Å². The topological polar surface area (TPSA) is 105 Å². The monoisotopic (exact) mass is 529 g/mol. The summed E-state index contributed by atoms with van der Waals surface area (Å²) in [4.78, 5) is 26.5. The maximum atomic E-state index is 14.3. The van der Waals surface area contributed by atoms with Crippen molar-refractivity contribution in [2.45, 2.75) is 51.7 Å². The molecule has 4 heterocycles. The Hall–Kier alpha value is -2.75. The lowest BCUT2D eigenvalue weighted by atomic mass is 9.95. The van der Waals surface area contributed by atoms with Gasteiger partial charge in [-0.15, -0.1) is 0 Å². The minimum atomic E-state index is -0.453. The summed E-state index contributed by atoms with van der Waals surface area (Å²) in [5.41, 5.74) is 9.13. The highest BCUT2D eigenvalue weighted by Crippen LogP contribution is 2.36. The van der Waals surface area contributed by atoms with Gasteiger partial charge in [-0.2, -0.15) is 0 Å². The van der Waals surface area contributed by atoms with Gasteiger partial charge in [-0.05, 0) is 57.6 Å². The van der Waals surface area contributed by atoms with Crippen molar-refractivity contribution in [3.8, 4) is 5.75 Å². The van der Waals surface area contributed by atoms with E-state index in [1.165, 1.54) is 18.2 Å². The van der Waals surface area contributed by atoms with Crippen LogP contribution in [0.3, 0.4) is 0 Å². The van der Waals surface area contributed by atoms with Gasteiger partial charge >= 0.3 is 0 Å². The van der Waals surface area contributed by atoms with Crippen LogP contribution in [0, 0.1) is 25.6 Å². The number of aryl methyl sites for hydroxylation is 2.